The fourth-order valence-corrected chi connectivity index (χ4v) is 2.19. The Morgan fingerprint density at radius 1 is 0.571 bits per heavy atom. The molecule has 14 heavy (non-hydrogen) atoms. The highest BCUT2D eigenvalue weighted by Crippen LogP contribution is 2.11. The van der Waals surface area contributed by atoms with Gasteiger partial charge >= 0.3 is 0 Å². The van der Waals surface area contributed by atoms with Crippen molar-refractivity contribution >= 4 is 10.2 Å². The molecule has 0 heterocycles. The molecule has 0 aliphatic heterocycles. The molecule has 1 heteroatoms. The number of rotatable bonds is 11. The van der Waals surface area contributed by atoms with E-state index in [4.69, 9.17) is 0 Å². The Balaban J connectivity index is 2.78. The molecule has 0 spiro atoms. The first-order valence-electron chi connectivity index (χ1n) is 6.71. The van der Waals surface area contributed by atoms with Gasteiger partial charge in [0.2, 0.25) is 0 Å². The maximum absolute atomic E-state index is 2.29. The van der Waals surface area contributed by atoms with Gasteiger partial charge in [0.15, 0.2) is 0 Å². The molecule has 0 atom stereocenters. The Bertz CT molecular complexity index is 79.2. The summed E-state index contributed by atoms with van der Waals surface area (Å²) >= 11 is 0. The maximum atomic E-state index is 2.29. The lowest BCUT2D eigenvalue weighted by molar-refractivity contribution is 0.554. The van der Waals surface area contributed by atoms with E-state index >= 15 is 0 Å². The number of hydrogen-bond donors (Lipinski definition) is 0. The van der Waals surface area contributed by atoms with Crippen LogP contribution in [0.2, 0.25) is 6.04 Å². The minimum absolute atomic E-state index is 1.37. The monoisotopic (exact) mass is 213 g/mol. The third-order valence-electron chi connectivity index (χ3n) is 2.85. The summed E-state index contributed by atoms with van der Waals surface area (Å²) in [4.78, 5) is 0. The van der Waals surface area contributed by atoms with E-state index in [0.29, 0.717) is 0 Å². The first kappa shape index (κ1) is 14.2. The first-order valence-corrected chi connectivity index (χ1v) is 7.71. The second kappa shape index (κ2) is 13.2. The van der Waals surface area contributed by atoms with Gasteiger partial charge in [-0.1, -0.05) is 83.6 Å². The Morgan fingerprint density at radius 2 is 0.929 bits per heavy atom. The molecular weight excluding hydrogens is 184 g/mol. The molecule has 0 aromatic rings. The summed E-state index contributed by atoms with van der Waals surface area (Å²) in [6.45, 7) is 2.29. The highest BCUT2D eigenvalue weighted by atomic mass is 28.1. The van der Waals surface area contributed by atoms with Crippen LogP contribution in [0.25, 0.3) is 0 Å². The fourth-order valence-electron chi connectivity index (χ4n) is 1.84. The van der Waals surface area contributed by atoms with Crippen molar-refractivity contribution in [1.29, 1.82) is 0 Å². The Hall–Kier alpha value is 0.217. The van der Waals surface area contributed by atoms with Crippen LogP contribution in [0.15, 0.2) is 0 Å². The molecule has 0 aromatic heterocycles. The molecule has 0 N–H and O–H groups in total. The van der Waals surface area contributed by atoms with Crippen LogP contribution in [-0.2, 0) is 0 Å². The zero-order valence-electron chi connectivity index (χ0n) is 10.2. The largest absolute Gasteiger partial charge is 0.0654 e. The standard InChI is InChI=1S/C13H29Si/c1-2-3-4-5-6-7-8-9-10-11-12-13-14/h2-14H2,1H3. The molecule has 0 aliphatic rings. The molecule has 0 rings (SSSR count). The first-order chi connectivity index (χ1) is 6.91. The van der Waals surface area contributed by atoms with Crippen LogP contribution in [-0.4, -0.2) is 10.2 Å². The van der Waals surface area contributed by atoms with Crippen LogP contribution in [0.5, 0.6) is 0 Å². The highest BCUT2D eigenvalue weighted by Gasteiger charge is 1.91. The van der Waals surface area contributed by atoms with E-state index in [1.54, 1.807) is 0 Å². The van der Waals surface area contributed by atoms with Crippen molar-refractivity contribution in [3.05, 3.63) is 0 Å². The number of hydrogen-bond acceptors (Lipinski definition) is 0. The van der Waals surface area contributed by atoms with Crippen molar-refractivity contribution in [2.24, 2.45) is 0 Å². The molecular formula is C13H29Si. The molecule has 0 aromatic carbocycles. The lowest BCUT2D eigenvalue weighted by Gasteiger charge is -2.01. The predicted octanol–water partition coefficient (Wildman–Crippen LogP) is 4.35. The summed E-state index contributed by atoms with van der Waals surface area (Å²) < 4.78 is 0. The molecule has 1 radical (unpaired) electrons. The van der Waals surface area contributed by atoms with Crippen molar-refractivity contribution in [3.63, 3.8) is 0 Å². The number of unbranched alkanes of at least 4 members (excludes halogenated alkanes) is 10. The summed E-state index contributed by atoms with van der Waals surface area (Å²) in [5.74, 6) is 0. The van der Waals surface area contributed by atoms with Crippen molar-refractivity contribution in [1.82, 2.24) is 0 Å². The van der Waals surface area contributed by atoms with Crippen molar-refractivity contribution < 1.29 is 0 Å². The minimum Gasteiger partial charge on any atom is -0.0654 e. The van der Waals surface area contributed by atoms with Crippen molar-refractivity contribution in [2.45, 2.75) is 83.6 Å². The smallest absolute Gasteiger partial charge is 0.00797 e. The molecule has 0 fully saturated rings. The van der Waals surface area contributed by atoms with Crippen LogP contribution < -0.4 is 0 Å². The van der Waals surface area contributed by atoms with E-state index in [1.165, 1.54) is 76.7 Å². The Kier molecular flexibility index (Phi) is 13.4. The van der Waals surface area contributed by atoms with E-state index in [1.807, 2.05) is 0 Å². The molecule has 0 aliphatic carbocycles. The Morgan fingerprint density at radius 3 is 1.29 bits per heavy atom. The van der Waals surface area contributed by atoms with Crippen molar-refractivity contribution in [3.8, 4) is 0 Å². The van der Waals surface area contributed by atoms with Gasteiger partial charge in [0.05, 0.1) is 0 Å². The van der Waals surface area contributed by atoms with Crippen molar-refractivity contribution in [2.75, 3.05) is 0 Å². The van der Waals surface area contributed by atoms with Crippen LogP contribution in [0.1, 0.15) is 77.6 Å². The molecule has 0 amide bonds. The van der Waals surface area contributed by atoms with E-state index in [2.05, 4.69) is 17.2 Å². The zero-order valence-corrected chi connectivity index (χ0v) is 11.6. The second-order valence-electron chi connectivity index (χ2n) is 4.39. The predicted molar refractivity (Wildman–Crippen MR) is 69.8 cm³/mol. The average molecular weight is 213 g/mol. The van der Waals surface area contributed by atoms with Gasteiger partial charge in [-0.2, -0.15) is 0 Å². The molecule has 0 saturated carbocycles. The topological polar surface area (TPSA) is 0 Å². The highest BCUT2D eigenvalue weighted by molar-refractivity contribution is 6.08. The van der Waals surface area contributed by atoms with Gasteiger partial charge in [-0.05, 0) is 0 Å². The summed E-state index contributed by atoms with van der Waals surface area (Å²) in [6, 6.07) is 1.40. The second-order valence-corrected chi connectivity index (χ2v) is 5.10. The van der Waals surface area contributed by atoms with Gasteiger partial charge in [-0.3, -0.25) is 0 Å². The van der Waals surface area contributed by atoms with Crippen LogP contribution in [0, 0.1) is 0 Å². The molecule has 0 bridgehead atoms. The zero-order chi connectivity index (χ0) is 10.5. The normalized spacial score (nSPS) is 10.7. The summed E-state index contributed by atoms with van der Waals surface area (Å²) in [5.41, 5.74) is 0. The van der Waals surface area contributed by atoms with Gasteiger partial charge in [0, 0.05) is 10.2 Å². The molecule has 0 unspecified atom stereocenters. The van der Waals surface area contributed by atoms with Gasteiger partial charge in [0.25, 0.3) is 0 Å². The maximum Gasteiger partial charge on any atom is 0.00797 e. The average Bonchev–Trinajstić information content (AvgIpc) is 2.21. The van der Waals surface area contributed by atoms with E-state index in [9.17, 15) is 0 Å². The van der Waals surface area contributed by atoms with E-state index < -0.39 is 0 Å². The molecule has 0 nitrogen and oxygen atoms in total. The fraction of sp³-hybridized carbons (Fsp3) is 1.00. The van der Waals surface area contributed by atoms with Crippen LogP contribution in [0.3, 0.4) is 0 Å². The Labute approximate surface area is 94.3 Å². The van der Waals surface area contributed by atoms with Gasteiger partial charge in [0.1, 0.15) is 0 Å². The third kappa shape index (κ3) is 12.2. The summed E-state index contributed by atoms with van der Waals surface area (Å²) in [7, 11) is 2.11. The minimum atomic E-state index is 1.37. The molecule has 0 saturated heterocycles. The SMILES string of the molecule is CCCCCCCCCCCCC[SiH2]. The molecule has 85 valence electrons. The van der Waals surface area contributed by atoms with Gasteiger partial charge in [-0.25, -0.2) is 0 Å². The lowest BCUT2D eigenvalue weighted by Crippen LogP contribution is -1.81. The quantitative estimate of drug-likeness (QED) is 0.354. The van der Waals surface area contributed by atoms with Gasteiger partial charge < -0.3 is 0 Å². The summed E-state index contributed by atoms with van der Waals surface area (Å²) in [5, 5.41) is 0. The third-order valence-corrected chi connectivity index (χ3v) is 3.35. The lowest BCUT2D eigenvalue weighted by atomic mass is 10.1. The summed E-state index contributed by atoms with van der Waals surface area (Å²) in [6.07, 6.45) is 16.1. The van der Waals surface area contributed by atoms with Crippen LogP contribution >= 0.6 is 0 Å². The van der Waals surface area contributed by atoms with Gasteiger partial charge in [-0.15, -0.1) is 0 Å². The van der Waals surface area contributed by atoms with E-state index in [-0.39, 0.29) is 0 Å². The van der Waals surface area contributed by atoms with Crippen LogP contribution in [0.4, 0.5) is 0 Å². The van der Waals surface area contributed by atoms with E-state index in [0.717, 1.165) is 0 Å².